The van der Waals surface area contributed by atoms with Crippen molar-refractivity contribution in [2.24, 2.45) is 11.7 Å². The molecule has 2 aromatic rings. The lowest BCUT2D eigenvalue weighted by atomic mass is 9.78. The van der Waals surface area contributed by atoms with Crippen molar-refractivity contribution < 1.29 is 0 Å². The van der Waals surface area contributed by atoms with Gasteiger partial charge in [-0.2, -0.15) is 0 Å². The van der Waals surface area contributed by atoms with Crippen LogP contribution in [0.5, 0.6) is 0 Å². The zero-order valence-corrected chi connectivity index (χ0v) is 12.0. The number of benzene rings is 1. The summed E-state index contributed by atoms with van der Waals surface area (Å²) in [6.07, 6.45) is 6.68. The second-order valence-electron chi connectivity index (χ2n) is 5.62. The first-order chi connectivity index (χ1) is 10.3. The van der Waals surface area contributed by atoms with Gasteiger partial charge >= 0.3 is 0 Å². The summed E-state index contributed by atoms with van der Waals surface area (Å²) >= 11 is 0. The Kier molecular flexibility index (Phi) is 4.01. The summed E-state index contributed by atoms with van der Waals surface area (Å²) < 4.78 is 0. The maximum atomic E-state index is 7.59. The molecule has 0 spiro atoms. The zero-order valence-electron chi connectivity index (χ0n) is 12.0. The van der Waals surface area contributed by atoms with Gasteiger partial charge in [0.15, 0.2) is 0 Å². The molecule has 1 fully saturated rings. The average molecular weight is 283 g/mol. The van der Waals surface area contributed by atoms with E-state index in [4.69, 9.17) is 11.1 Å². The van der Waals surface area contributed by atoms with Gasteiger partial charge in [0.25, 0.3) is 0 Å². The van der Waals surface area contributed by atoms with Crippen molar-refractivity contribution in [1.82, 2.24) is 15.3 Å². The van der Waals surface area contributed by atoms with E-state index in [0.29, 0.717) is 6.04 Å². The molecule has 0 amide bonds. The molecule has 3 rings (SSSR count). The topological polar surface area (TPSA) is 90.6 Å². The van der Waals surface area contributed by atoms with Gasteiger partial charge in [-0.25, -0.2) is 4.98 Å². The van der Waals surface area contributed by atoms with Gasteiger partial charge < -0.3 is 21.4 Å². The predicted octanol–water partition coefficient (Wildman–Crippen LogP) is 2.27. The first-order valence-corrected chi connectivity index (χ1v) is 7.42. The molecule has 0 aliphatic heterocycles. The molecule has 1 saturated carbocycles. The molecule has 1 aliphatic carbocycles. The van der Waals surface area contributed by atoms with Crippen molar-refractivity contribution in [3.05, 3.63) is 36.3 Å². The summed E-state index contributed by atoms with van der Waals surface area (Å²) in [5, 5.41) is 11.0. The van der Waals surface area contributed by atoms with Gasteiger partial charge in [-0.1, -0.05) is 12.1 Å². The number of nitrogens with zero attached hydrogens (tertiary/aromatic N) is 1. The number of nitrogens with two attached hydrogens (primary N) is 1. The number of hydrogen-bond acceptors (Lipinski definition) is 4. The van der Waals surface area contributed by atoms with Gasteiger partial charge in [0.1, 0.15) is 5.82 Å². The van der Waals surface area contributed by atoms with Crippen LogP contribution in [0.4, 0.5) is 0 Å². The first kappa shape index (κ1) is 13.8. The molecule has 1 aromatic carbocycles. The Morgan fingerprint density at radius 3 is 2.95 bits per heavy atom. The molecule has 1 heterocycles. The first-order valence-electron chi connectivity index (χ1n) is 7.42. The molecule has 0 saturated heterocycles. The number of aromatic nitrogens is 2. The molecule has 0 atom stereocenters. The standard InChI is InChI=1S/C16H21N5/c17-6-5-11-7-13(8-11)19-10-12(9-18)16-20-14-3-1-2-4-15(14)21-16/h1-4,9-11,13,18-19H,5-8,17H2,(H,20,21)/b12-10+,18-9?. The average Bonchev–Trinajstić information content (AvgIpc) is 2.88. The summed E-state index contributed by atoms with van der Waals surface area (Å²) in [5.74, 6) is 1.49. The largest absolute Gasteiger partial charge is 0.388 e. The Labute approximate surface area is 124 Å². The van der Waals surface area contributed by atoms with Crippen molar-refractivity contribution in [2.45, 2.75) is 25.3 Å². The molecule has 0 bridgehead atoms. The van der Waals surface area contributed by atoms with E-state index in [0.717, 1.165) is 41.3 Å². The Balaban J connectivity index is 1.67. The number of aromatic amines is 1. The van der Waals surface area contributed by atoms with E-state index in [1.807, 2.05) is 30.5 Å². The Morgan fingerprint density at radius 2 is 2.24 bits per heavy atom. The monoisotopic (exact) mass is 283 g/mol. The lowest BCUT2D eigenvalue weighted by molar-refractivity contribution is 0.229. The Bertz CT molecular complexity index is 618. The highest BCUT2D eigenvalue weighted by atomic mass is 14.9. The number of fused-ring (bicyclic) bond motifs is 1. The van der Waals surface area contributed by atoms with Crippen LogP contribution in [-0.4, -0.2) is 28.8 Å². The normalized spacial score (nSPS) is 22.0. The van der Waals surface area contributed by atoms with E-state index in [2.05, 4.69) is 15.3 Å². The number of para-hydroxylation sites is 2. The van der Waals surface area contributed by atoms with Crippen LogP contribution in [0.15, 0.2) is 30.5 Å². The number of allylic oxidation sites excluding steroid dienone is 1. The lowest BCUT2D eigenvalue weighted by Gasteiger charge is -2.35. The highest BCUT2D eigenvalue weighted by molar-refractivity contribution is 6.07. The van der Waals surface area contributed by atoms with Gasteiger partial charge in [-0.3, -0.25) is 0 Å². The molecule has 0 unspecified atom stereocenters. The number of rotatable bonds is 6. The number of imidazole rings is 1. The third-order valence-electron chi connectivity index (χ3n) is 4.10. The van der Waals surface area contributed by atoms with Crippen LogP contribution in [0.1, 0.15) is 25.1 Å². The van der Waals surface area contributed by atoms with E-state index in [9.17, 15) is 0 Å². The van der Waals surface area contributed by atoms with Crippen molar-refractivity contribution in [2.75, 3.05) is 6.54 Å². The molecule has 1 aromatic heterocycles. The molecule has 21 heavy (non-hydrogen) atoms. The van der Waals surface area contributed by atoms with Crippen LogP contribution in [0.2, 0.25) is 0 Å². The third-order valence-corrected chi connectivity index (χ3v) is 4.10. The smallest absolute Gasteiger partial charge is 0.141 e. The highest BCUT2D eigenvalue weighted by Gasteiger charge is 2.27. The summed E-state index contributed by atoms with van der Waals surface area (Å²) in [5.41, 5.74) is 8.25. The number of hydrogen-bond donors (Lipinski definition) is 4. The van der Waals surface area contributed by atoms with Crippen LogP contribution in [0.25, 0.3) is 16.6 Å². The van der Waals surface area contributed by atoms with E-state index in [1.54, 1.807) is 0 Å². The minimum absolute atomic E-state index is 0.501. The van der Waals surface area contributed by atoms with Gasteiger partial charge in [0.2, 0.25) is 0 Å². The third kappa shape index (κ3) is 2.97. The molecule has 0 radical (unpaired) electrons. The fourth-order valence-corrected chi connectivity index (χ4v) is 2.82. The van der Waals surface area contributed by atoms with Crippen molar-refractivity contribution >= 4 is 22.8 Å². The second-order valence-corrected chi connectivity index (χ2v) is 5.62. The minimum atomic E-state index is 0.501. The molecule has 5 nitrogen and oxygen atoms in total. The van der Waals surface area contributed by atoms with Crippen molar-refractivity contribution in [3.63, 3.8) is 0 Å². The van der Waals surface area contributed by atoms with Crippen LogP contribution in [-0.2, 0) is 0 Å². The van der Waals surface area contributed by atoms with E-state index in [1.165, 1.54) is 19.1 Å². The maximum Gasteiger partial charge on any atom is 0.141 e. The summed E-state index contributed by atoms with van der Waals surface area (Å²) in [7, 11) is 0. The van der Waals surface area contributed by atoms with Crippen LogP contribution >= 0.6 is 0 Å². The summed E-state index contributed by atoms with van der Waals surface area (Å²) in [4.78, 5) is 7.77. The maximum absolute atomic E-state index is 7.59. The van der Waals surface area contributed by atoms with E-state index < -0.39 is 0 Å². The zero-order chi connectivity index (χ0) is 14.7. The molecule has 1 aliphatic rings. The Hall–Kier alpha value is -2.14. The fourth-order valence-electron chi connectivity index (χ4n) is 2.82. The second kappa shape index (κ2) is 6.10. The van der Waals surface area contributed by atoms with Crippen molar-refractivity contribution in [1.29, 1.82) is 5.41 Å². The van der Waals surface area contributed by atoms with Crippen LogP contribution in [0, 0.1) is 11.3 Å². The van der Waals surface area contributed by atoms with Crippen LogP contribution in [0.3, 0.4) is 0 Å². The highest BCUT2D eigenvalue weighted by Crippen LogP contribution is 2.30. The molecule has 110 valence electrons. The molecule has 5 N–H and O–H groups in total. The van der Waals surface area contributed by atoms with Crippen molar-refractivity contribution in [3.8, 4) is 0 Å². The SMILES string of the molecule is N=C/C(=C\NC1CC(CCN)C1)c1nc2ccccc2[nH]1. The Morgan fingerprint density at radius 1 is 1.43 bits per heavy atom. The van der Waals surface area contributed by atoms with Crippen LogP contribution < -0.4 is 11.1 Å². The van der Waals surface area contributed by atoms with Gasteiger partial charge in [-0.05, 0) is 43.9 Å². The number of nitrogens with one attached hydrogen (secondary N) is 3. The molecular formula is C16H21N5. The quantitative estimate of drug-likeness (QED) is 0.613. The van der Waals surface area contributed by atoms with Gasteiger partial charge in [-0.15, -0.1) is 0 Å². The summed E-state index contributed by atoms with van der Waals surface area (Å²) in [6.45, 7) is 0.776. The lowest BCUT2D eigenvalue weighted by Crippen LogP contribution is -2.39. The van der Waals surface area contributed by atoms with Gasteiger partial charge in [0.05, 0.1) is 16.6 Å². The molecular weight excluding hydrogens is 262 g/mol. The van der Waals surface area contributed by atoms with E-state index >= 15 is 0 Å². The minimum Gasteiger partial charge on any atom is -0.388 e. The molecule has 5 heteroatoms. The summed E-state index contributed by atoms with van der Waals surface area (Å²) in [6, 6.07) is 8.39. The van der Waals surface area contributed by atoms with E-state index in [-0.39, 0.29) is 0 Å². The number of H-pyrrole nitrogens is 1. The fraction of sp³-hybridized carbons (Fsp3) is 0.375. The predicted molar refractivity (Wildman–Crippen MR) is 86.2 cm³/mol. The van der Waals surface area contributed by atoms with Gasteiger partial charge in [0, 0.05) is 18.5 Å².